The molecule has 3 atom stereocenters. The maximum atomic E-state index is 13.6. The number of rotatable bonds is 64. The molecule has 0 aromatic rings. The third-order valence-electron chi connectivity index (χ3n) is 15.6. The first-order valence-corrected chi connectivity index (χ1v) is 36.7. The highest BCUT2D eigenvalue weighted by Gasteiger charge is 2.27. The number of likely N-dealkylation sites (N-methyl/N-ethyl adjacent to an activating group) is 1. The molecule has 0 aliphatic rings. The number of ether oxygens (including phenoxy) is 1. The molecule has 0 aliphatic carbocycles. The average molecular weight is 1180 g/mol. The number of phosphoric ester groups is 1. The zero-order valence-electron chi connectivity index (χ0n) is 55.4. The quantitative estimate of drug-likeness (QED) is 0.0212. The molecule has 0 heterocycles. The second kappa shape index (κ2) is 62.5. The minimum absolute atomic E-state index is 0.0247. The summed E-state index contributed by atoms with van der Waals surface area (Å²) in [6.07, 6.45) is 81.6. The van der Waals surface area contributed by atoms with Crippen LogP contribution in [0.15, 0.2) is 72.9 Å². The average Bonchev–Trinajstić information content (AvgIpc) is 3.47. The molecule has 0 rings (SSSR count). The Labute approximate surface area is 514 Å². The maximum absolute atomic E-state index is 13.6. The summed E-state index contributed by atoms with van der Waals surface area (Å²) in [5.74, 6) is -0.541. The summed E-state index contributed by atoms with van der Waals surface area (Å²) in [4.78, 5) is 40.2. The summed E-state index contributed by atoms with van der Waals surface area (Å²) in [5, 5.41) is 3.04. The topological polar surface area (TPSA) is 114 Å². The SMILES string of the molecule is CCCCC/C=C\C/C=C\C/C=C\CCCCCCCCCCCCCCCCC(=O)NC(COP(=O)([O-])OCC[N+](C)(C)C)C(/C=C\CCCCCCCCCCCCC)OC(=O)CCCCCCCCC/C=C\C/C=C\CCCCC. The van der Waals surface area contributed by atoms with Gasteiger partial charge in [-0.3, -0.25) is 14.2 Å². The summed E-state index contributed by atoms with van der Waals surface area (Å²) < 4.78 is 30.4. The van der Waals surface area contributed by atoms with Gasteiger partial charge in [-0.25, -0.2) is 0 Å². The Hall–Kier alpha value is -2.55. The number of esters is 1. The number of allylic oxidation sites excluding steroid dienone is 11. The minimum Gasteiger partial charge on any atom is -0.756 e. The van der Waals surface area contributed by atoms with E-state index in [0.717, 1.165) is 89.9 Å². The second-order valence-corrected chi connectivity index (χ2v) is 26.4. The third-order valence-corrected chi connectivity index (χ3v) is 16.6. The van der Waals surface area contributed by atoms with Crippen molar-refractivity contribution in [2.75, 3.05) is 40.9 Å². The van der Waals surface area contributed by atoms with Crippen molar-refractivity contribution in [3.63, 3.8) is 0 Å². The largest absolute Gasteiger partial charge is 0.756 e. The number of quaternary nitrogens is 1. The molecule has 0 saturated heterocycles. The molecule has 0 aromatic heterocycles. The molecule has 0 saturated carbocycles. The van der Waals surface area contributed by atoms with Crippen LogP contribution in [-0.4, -0.2) is 69.4 Å². The lowest BCUT2D eigenvalue weighted by molar-refractivity contribution is -0.870. The lowest BCUT2D eigenvalue weighted by atomic mass is 10.0. The van der Waals surface area contributed by atoms with Gasteiger partial charge in [0.1, 0.15) is 19.3 Å². The van der Waals surface area contributed by atoms with E-state index in [2.05, 4.69) is 86.8 Å². The standard InChI is InChI=1S/C73H135N2O7P/c1-7-10-13-16-19-22-25-28-30-32-33-34-35-36-37-38-39-40-41-43-44-47-50-53-56-59-62-65-72(76)74-70(69-81-83(78,79)80-68-67-75(4,5)6)71(64-61-58-55-52-49-46-27-24-21-18-15-12-9-3)82-73(77)66-63-60-57-54-51-48-45-42-31-29-26-23-20-17-14-11-8-2/h19-20,22-23,28-31,33-34,61,64,70-71H,7-18,21,24-27,32,35-60,62-63,65-69H2,1-6H3,(H-,74,76,78,79)/b22-19-,23-20-,30-28-,31-29-,34-33-,64-61-. The van der Waals surface area contributed by atoms with Crippen LogP contribution in [0.5, 0.6) is 0 Å². The van der Waals surface area contributed by atoms with E-state index in [-0.39, 0.29) is 24.9 Å². The lowest BCUT2D eigenvalue weighted by Gasteiger charge is -2.30. The molecule has 0 spiro atoms. The van der Waals surface area contributed by atoms with Gasteiger partial charge in [0.2, 0.25) is 5.91 Å². The number of carbonyl (C=O) groups excluding carboxylic acids is 2. The highest BCUT2D eigenvalue weighted by molar-refractivity contribution is 7.45. The molecule has 0 aromatic carbocycles. The Morgan fingerprint density at radius 2 is 0.735 bits per heavy atom. The number of carbonyl (C=O) groups is 2. The fraction of sp³-hybridized carbons (Fsp3) is 0.808. The predicted octanol–water partition coefficient (Wildman–Crippen LogP) is 21.7. The summed E-state index contributed by atoms with van der Waals surface area (Å²) in [5.41, 5.74) is 0. The summed E-state index contributed by atoms with van der Waals surface area (Å²) >= 11 is 0. The Morgan fingerprint density at radius 3 is 1.12 bits per heavy atom. The molecule has 1 N–H and O–H groups in total. The molecule has 0 bridgehead atoms. The maximum Gasteiger partial charge on any atom is 0.306 e. The number of phosphoric acid groups is 1. The van der Waals surface area contributed by atoms with Crippen LogP contribution in [0.1, 0.15) is 329 Å². The van der Waals surface area contributed by atoms with Crippen molar-refractivity contribution in [2.24, 2.45) is 0 Å². The first-order valence-electron chi connectivity index (χ1n) is 35.2. The Morgan fingerprint density at radius 1 is 0.422 bits per heavy atom. The predicted molar refractivity (Wildman–Crippen MR) is 358 cm³/mol. The van der Waals surface area contributed by atoms with E-state index in [1.54, 1.807) is 0 Å². The molecule has 1 amide bonds. The molecule has 484 valence electrons. The van der Waals surface area contributed by atoms with Gasteiger partial charge < -0.3 is 28.5 Å². The molecule has 0 radical (unpaired) electrons. The first-order chi connectivity index (χ1) is 40.4. The molecular formula is C73H135N2O7P. The number of nitrogens with zero attached hydrogens (tertiary/aromatic N) is 1. The summed E-state index contributed by atoms with van der Waals surface area (Å²) in [6, 6.07) is -0.894. The Kier molecular flexibility index (Phi) is 60.6. The van der Waals surface area contributed by atoms with E-state index in [1.807, 2.05) is 33.3 Å². The number of hydrogen-bond acceptors (Lipinski definition) is 7. The van der Waals surface area contributed by atoms with Crippen LogP contribution in [0, 0.1) is 0 Å². The van der Waals surface area contributed by atoms with Crippen molar-refractivity contribution in [1.29, 1.82) is 0 Å². The normalized spacial score (nSPS) is 14.0. The van der Waals surface area contributed by atoms with Gasteiger partial charge in [-0.15, -0.1) is 0 Å². The Bertz CT molecular complexity index is 1650. The van der Waals surface area contributed by atoms with Crippen molar-refractivity contribution < 1.29 is 37.3 Å². The minimum atomic E-state index is -4.71. The smallest absolute Gasteiger partial charge is 0.306 e. The number of unbranched alkanes of at least 4 members (excludes halogenated alkanes) is 38. The molecule has 0 aliphatic heterocycles. The molecule has 0 fully saturated rings. The van der Waals surface area contributed by atoms with Gasteiger partial charge in [0.05, 0.1) is 33.8 Å². The number of amides is 1. The molecule has 83 heavy (non-hydrogen) atoms. The summed E-state index contributed by atoms with van der Waals surface area (Å²) in [6.45, 7) is 6.82. The van der Waals surface area contributed by atoms with Crippen molar-refractivity contribution in [3.8, 4) is 0 Å². The first kappa shape index (κ1) is 80.5. The van der Waals surface area contributed by atoms with Crippen LogP contribution in [0.25, 0.3) is 0 Å². The van der Waals surface area contributed by atoms with E-state index < -0.39 is 26.6 Å². The van der Waals surface area contributed by atoms with Crippen LogP contribution < -0.4 is 10.2 Å². The lowest BCUT2D eigenvalue weighted by Crippen LogP contribution is -2.47. The van der Waals surface area contributed by atoms with Crippen LogP contribution in [-0.2, 0) is 27.9 Å². The van der Waals surface area contributed by atoms with Crippen molar-refractivity contribution in [3.05, 3.63) is 72.9 Å². The zero-order chi connectivity index (χ0) is 60.7. The zero-order valence-corrected chi connectivity index (χ0v) is 56.3. The van der Waals surface area contributed by atoms with Crippen LogP contribution in [0.3, 0.4) is 0 Å². The van der Waals surface area contributed by atoms with Gasteiger partial charge in [0.25, 0.3) is 7.82 Å². The van der Waals surface area contributed by atoms with Gasteiger partial charge in [0.15, 0.2) is 0 Å². The van der Waals surface area contributed by atoms with Gasteiger partial charge in [-0.05, 0) is 102 Å². The van der Waals surface area contributed by atoms with Gasteiger partial charge in [0, 0.05) is 12.8 Å². The third kappa shape index (κ3) is 63.8. The van der Waals surface area contributed by atoms with Gasteiger partial charge in [-0.1, -0.05) is 287 Å². The van der Waals surface area contributed by atoms with Crippen molar-refractivity contribution in [2.45, 2.75) is 341 Å². The van der Waals surface area contributed by atoms with E-state index in [9.17, 15) is 19.0 Å². The Balaban J connectivity index is 5.06. The molecular weight excluding hydrogens is 1050 g/mol. The van der Waals surface area contributed by atoms with Gasteiger partial charge >= 0.3 is 5.97 Å². The van der Waals surface area contributed by atoms with Gasteiger partial charge in [-0.2, -0.15) is 0 Å². The van der Waals surface area contributed by atoms with E-state index in [1.165, 1.54) is 205 Å². The van der Waals surface area contributed by atoms with Crippen LogP contribution >= 0.6 is 7.82 Å². The highest BCUT2D eigenvalue weighted by Crippen LogP contribution is 2.38. The van der Waals surface area contributed by atoms with Crippen LogP contribution in [0.4, 0.5) is 0 Å². The van der Waals surface area contributed by atoms with E-state index in [4.69, 9.17) is 13.8 Å². The van der Waals surface area contributed by atoms with Crippen molar-refractivity contribution >= 4 is 19.7 Å². The van der Waals surface area contributed by atoms with Crippen molar-refractivity contribution in [1.82, 2.24) is 5.32 Å². The molecule has 3 unspecified atom stereocenters. The second-order valence-electron chi connectivity index (χ2n) is 25.0. The number of hydrogen-bond donors (Lipinski definition) is 1. The fourth-order valence-corrected chi connectivity index (χ4v) is 10.9. The molecule has 10 heteroatoms. The summed E-state index contributed by atoms with van der Waals surface area (Å²) in [7, 11) is 1.18. The van der Waals surface area contributed by atoms with E-state index in [0.29, 0.717) is 17.4 Å². The fourth-order valence-electron chi connectivity index (χ4n) is 10.1. The monoisotopic (exact) mass is 1180 g/mol. The van der Waals surface area contributed by atoms with E-state index >= 15 is 0 Å². The van der Waals surface area contributed by atoms with Crippen LogP contribution in [0.2, 0.25) is 0 Å². The number of nitrogens with one attached hydrogen (secondary N) is 1. The molecule has 9 nitrogen and oxygen atoms in total. The highest BCUT2D eigenvalue weighted by atomic mass is 31.2.